The van der Waals surface area contributed by atoms with Gasteiger partial charge in [0.25, 0.3) is 0 Å². The minimum atomic E-state index is 0.387. The molecule has 1 aromatic carbocycles. The molecule has 2 rings (SSSR count). The molecule has 1 saturated heterocycles. The highest BCUT2D eigenvalue weighted by molar-refractivity contribution is 6.33. The van der Waals surface area contributed by atoms with Gasteiger partial charge in [-0.3, -0.25) is 4.90 Å². The number of halogens is 1. The molecule has 2 unspecified atom stereocenters. The molecule has 1 fully saturated rings. The lowest BCUT2D eigenvalue weighted by molar-refractivity contribution is 0.0815. The molecule has 0 aromatic heterocycles. The second-order valence-electron chi connectivity index (χ2n) is 5.71. The second-order valence-corrected chi connectivity index (χ2v) is 6.12. The number of benzene rings is 1. The van der Waals surface area contributed by atoms with Crippen LogP contribution in [-0.4, -0.2) is 57.4 Å². The van der Waals surface area contributed by atoms with Crippen LogP contribution in [0, 0.1) is 5.92 Å². The molecular weight excluding hydrogens is 286 g/mol. The third-order valence-electron chi connectivity index (χ3n) is 4.30. The third-order valence-corrected chi connectivity index (χ3v) is 4.62. The maximum Gasteiger partial charge on any atom is 0.0639 e. The summed E-state index contributed by atoms with van der Waals surface area (Å²) in [5.74, 6) is 0.451. The average Bonchev–Trinajstić information content (AvgIpc) is 2.50. The van der Waals surface area contributed by atoms with Gasteiger partial charge >= 0.3 is 0 Å². The van der Waals surface area contributed by atoms with E-state index < -0.39 is 0 Å². The van der Waals surface area contributed by atoms with Crippen molar-refractivity contribution in [2.75, 3.05) is 51.3 Å². The van der Waals surface area contributed by atoms with Gasteiger partial charge < -0.3 is 15.4 Å². The van der Waals surface area contributed by atoms with E-state index in [0.29, 0.717) is 18.5 Å². The molecule has 118 valence electrons. The Hall–Kier alpha value is -0.810. The summed E-state index contributed by atoms with van der Waals surface area (Å²) in [7, 11) is 1.75. The maximum absolute atomic E-state index is 6.28. The number of nitrogens with zero attached hydrogens (tertiary/aromatic N) is 2. The van der Waals surface area contributed by atoms with Gasteiger partial charge in [0.2, 0.25) is 0 Å². The summed E-state index contributed by atoms with van der Waals surface area (Å²) in [5.41, 5.74) is 7.11. The first-order chi connectivity index (χ1) is 10.2. The first kappa shape index (κ1) is 16.6. The number of anilines is 1. The molecule has 2 atom stereocenters. The van der Waals surface area contributed by atoms with Crippen molar-refractivity contribution >= 4 is 17.3 Å². The van der Waals surface area contributed by atoms with Crippen LogP contribution in [0.3, 0.4) is 0 Å². The van der Waals surface area contributed by atoms with Crippen LogP contribution in [-0.2, 0) is 4.74 Å². The zero-order valence-electron chi connectivity index (χ0n) is 13.0. The number of methoxy groups -OCH3 is 1. The highest BCUT2D eigenvalue weighted by Crippen LogP contribution is 2.26. The molecule has 2 N–H and O–H groups in total. The van der Waals surface area contributed by atoms with Crippen molar-refractivity contribution in [2.24, 2.45) is 11.7 Å². The number of piperazine rings is 1. The number of rotatable bonds is 6. The number of para-hydroxylation sites is 1. The third kappa shape index (κ3) is 4.10. The second kappa shape index (κ2) is 7.99. The standard InChI is InChI=1S/C16H26ClN3O/c1-13(12-21-2)16(11-18)20-9-7-19(8-10-20)15-6-4-3-5-14(15)17/h3-6,13,16H,7-12,18H2,1-2H3. The van der Waals surface area contributed by atoms with Crippen LogP contribution in [0.4, 0.5) is 5.69 Å². The van der Waals surface area contributed by atoms with Gasteiger partial charge in [0.05, 0.1) is 17.3 Å². The molecule has 0 amide bonds. The molecule has 1 aromatic rings. The predicted molar refractivity (Wildman–Crippen MR) is 89.1 cm³/mol. The smallest absolute Gasteiger partial charge is 0.0639 e. The van der Waals surface area contributed by atoms with Gasteiger partial charge in [-0.2, -0.15) is 0 Å². The summed E-state index contributed by atoms with van der Waals surface area (Å²) in [6, 6.07) is 8.44. The Morgan fingerprint density at radius 2 is 1.90 bits per heavy atom. The monoisotopic (exact) mass is 311 g/mol. The van der Waals surface area contributed by atoms with E-state index in [1.54, 1.807) is 7.11 Å². The van der Waals surface area contributed by atoms with Gasteiger partial charge in [0, 0.05) is 45.9 Å². The van der Waals surface area contributed by atoms with Gasteiger partial charge in [-0.05, 0) is 18.1 Å². The van der Waals surface area contributed by atoms with Crippen LogP contribution in [0.5, 0.6) is 0 Å². The lowest BCUT2D eigenvalue weighted by Crippen LogP contribution is -2.55. The van der Waals surface area contributed by atoms with E-state index in [2.05, 4.69) is 22.8 Å². The molecular formula is C16H26ClN3O. The summed E-state index contributed by atoms with van der Waals surface area (Å²) in [5, 5.41) is 0.828. The van der Waals surface area contributed by atoms with Gasteiger partial charge in [0.15, 0.2) is 0 Å². The van der Waals surface area contributed by atoms with Crippen molar-refractivity contribution in [3.05, 3.63) is 29.3 Å². The molecule has 1 aliphatic heterocycles. The van der Waals surface area contributed by atoms with E-state index in [1.165, 1.54) is 0 Å². The number of ether oxygens (including phenoxy) is 1. The van der Waals surface area contributed by atoms with Gasteiger partial charge in [-0.1, -0.05) is 30.7 Å². The van der Waals surface area contributed by atoms with E-state index >= 15 is 0 Å². The number of hydrogen-bond donors (Lipinski definition) is 1. The Labute approximate surface area is 132 Å². The lowest BCUT2D eigenvalue weighted by Gasteiger charge is -2.42. The van der Waals surface area contributed by atoms with Crippen molar-refractivity contribution < 1.29 is 4.74 Å². The van der Waals surface area contributed by atoms with Gasteiger partial charge in [-0.25, -0.2) is 0 Å². The fourth-order valence-corrected chi connectivity index (χ4v) is 3.37. The molecule has 5 heteroatoms. The fourth-order valence-electron chi connectivity index (χ4n) is 3.12. The van der Waals surface area contributed by atoms with Crippen LogP contribution in [0.2, 0.25) is 5.02 Å². The number of hydrogen-bond acceptors (Lipinski definition) is 4. The molecule has 0 radical (unpaired) electrons. The normalized spacial score (nSPS) is 19.5. The summed E-state index contributed by atoms with van der Waals surface area (Å²) < 4.78 is 5.27. The molecule has 4 nitrogen and oxygen atoms in total. The predicted octanol–water partition coefficient (Wildman–Crippen LogP) is 2.07. The van der Waals surface area contributed by atoms with E-state index in [1.807, 2.05) is 18.2 Å². The number of nitrogens with two attached hydrogens (primary N) is 1. The Bertz CT molecular complexity index is 435. The van der Waals surface area contributed by atoms with E-state index in [0.717, 1.165) is 43.5 Å². The molecule has 0 bridgehead atoms. The molecule has 21 heavy (non-hydrogen) atoms. The highest BCUT2D eigenvalue weighted by Gasteiger charge is 2.27. The van der Waals surface area contributed by atoms with Crippen LogP contribution >= 0.6 is 11.6 Å². The zero-order chi connectivity index (χ0) is 15.2. The maximum atomic E-state index is 6.28. The van der Waals surface area contributed by atoms with Crippen LogP contribution in [0.15, 0.2) is 24.3 Å². The van der Waals surface area contributed by atoms with Gasteiger partial charge in [0.1, 0.15) is 0 Å². The summed E-state index contributed by atoms with van der Waals surface area (Å²) >= 11 is 6.28. The first-order valence-electron chi connectivity index (χ1n) is 7.60. The van der Waals surface area contributed by atoms with Crippen molar-refractivity contribution in [3.63, 3.8) is 0 Å². The van der Waals surface area contributed by atoms with E-state index in [9.17, 15) is 0 Å². The van der Waals surface area contributed by atoms with Crippen molar-refractivity contribution in [1.82, 2.24) is 4.90 Å². The SMILES string of the molecule is COCC(C)C(CN)N1CCN(c2ccccc2Cl)CC1. The minimum absolute atomic E-state index is 0.387. The molecule has 1 aliphatic rings. The summed E-state index contributed by atoms with van der Waals surface area (Å²) in [6.45, 7) is 7.65. The Morgan fingerprint density at radius 1 is 1.24 bits per heavy atom. The summed E-state index contributed by atoms with van der Waals surface area (Å²) in [6.07, 6.45) is 0. The minimum Gasteiger partial charge on any atom is -0.384 e. The highest BCUT2D eigenvalue weighted by atomic mass is 35.5. The van der Waals surface area contributed by atoms with Crippen LogP contribution < -0.4 is 10.6 Å². The molecule has 0 aliphatic carbocycles. The van der Waals surface area contributed by atoms with E-state index in [-0.39, 0.29) is 0 Å². The first-order valence-corrected chi connectivity index (χ1v) is 7.97. The van der Waals surface area contributed by atoms with Gasteiger partial charge in [-0.15, -0.1) is 0 Å². The molecule has 0 spiro atoms. The van der Waals surface area contributed by atoms with E-state index in [4.69, 9.17) is 22.1 Å². The Morgan fingerprint density at radius 3 is 2.48 bits per heavy atom. The van der Waals surface area contributed by atoms with Crippen molar-refractivity contribution in [3.8, 4) is 0 Å². The largest absolute Gasteiger partial charge is 0.384 e. The van der Waals surface area contributed by atoms with Crippen molar-refractivity contribution in [2.45, 2.75) is 13.0 Å². The van der Waals surface area contributed by atoms with Crippen LogP contribution in [0.1, 0.15) is 6.92 Å². The fraction of sp³-hybridized carbons (Fsp3) is 0.625. The quantitative estimate of drug-likeness (QED) is 0.873. The molecule has 0 saturated carbocycles. The lowest BCUT2D eigenvalue weighted by atomic mass is 10.0. The summed E-state index contributed by atoms with van der Waals surface area (Å²) in [4.78, 5) is 4.84. The Kier molecular flexibility index (Phi) is 6.30. The topological polar surface area (TPSA) is 41.7 Å². The van der Waals surface area contributed by atoms with Crippen LogP contribution in [0.25, 0.3) is 0 Å². The zero-order valence-corrected chi connectivity index (χ0v) is 13.7. The molecule has 1 heterocycles. The van der Waals surface area contributed by atoms with Crippen molar-refractivity contribution in [1.29, 1.82) is 0 Å². The Balaban J connectivity index is 1.95. The average molecular weight is 312 g/mol.